The Labute approximate surface area is 103 Å². The van der Waals surface area contributed by atoms with E-state index in [1.165, 1.54) is 19.3 Å². The first-order chi connectivity index (χ1) is 8.13. The smallest absolute Gasteiger partial charge is 0.0670 e. The largest absolute Gasteiger partial charge is 0.398 e. The molecule has 0 spiro atoms. The third kappa shape index (κ3) is 2.71. The van der Waals surface area contributed by atoms with Gasteiger partial charge in [-0.2, -0.15) is 5.26 Å². The highest BCUT2D eigenvalue weighted by Gasteiger charge is 2.31. The minimum atomic E-state index is 0.374. The lowest BCUT2D eigenvalue weighted by molar-refractivity contribution is 0.180. The summed E-state index contributed by atoms with van der Waals surface area (Å²) in [6.07, 6.45) is 4.33. The molecular formula is C14H19N3. The highest BCUT2D eigenvalue weighted by molar-refractivity contribution is 5.58. The van der Waals surface area contributed by atoms with Gasteiger partial charge < -0.3 is 11.1 Å². The lowest BCUT2D eigenvalue weighted by Gasteiger charge is -2.38. The summed E-state index contributed by atoms with van der Waals surface area (Å²) in [4.78, 5) is 0. The van der Waals surface area contributed by atoms with Crippen molar-refractivity contribution >= 4 is 11.4 Å². The van der Waals surface area contributed by atoms with E-state index in [4.69, 9.17) is 11.0 Å². The van der Waals surface area contributed by atoms with E-state index in [0.29, 0.717) is 17.5 Å². The van der Waals surface area contributed by atoms with Gasteiger partial charge in [-0.25, -0.2) is 0 Å². The molecule has 3 heteroatoms. The van der Waals surface area contributed by atoms with Gasteiger partial charge in [0, 0.05) is 17.9 Å². The van der Waals surface area contributed by atoms with Crippen LogP contribution in [-0.4, -0.2) is 6.54 Å². The fourth-order valence-electron chi connectivity index (χ4n) is 2.23. The van der Waals surface area contributed by atoms with Crippen LogP contribution < -0.4 is 11.1 Å². The van der Waals surface area contributed by atoms with E-state index < -0.39 is 0 Å². The summed E-state index contributed by atoms with van der Waals surface area (Å²) in [6.45, 7) is 3.32. The molecule has 1 aliphatic carbocycles. The normalized spacial score (nSPS) is 16.9. The molecule has 1 aromatic carbocycles. The number of anilines is 2. The first-order valence-electron chi connectivity index (χ1n) is 6.12. The zero-order chi connectivity index (χ0) is 12.3. The van der Waals surface area contributed by atoms with Gasteiger partial charge in [0.2, 0.25) is 0 Å². The van der Waals surface area contributed by atoms with E-state index in [1.807, 2.05) is 18.2 Å². The molecule has 0 bridgehead atoms. The maximum atomic E-state index is 8.72. The molecule has 0 radical (unpaired) electrons. The van der Waals surface area contributed by atoms with Crippen molar-refractivity contribution in [2.75, 3.05) is 17.6 Å². The second-order valence-corrected chi connectivity index (χ2v) is 5.27. The molecule has 0 aliphatic heterocycles. The number of nitriles is 1. The van der Waals surface area contributed by atoms with Crippen LogP contribution in [0, 0.1) is 16.7 Å². The van der Waals surface area contributed by atoms with E-state index >= 15 is 0 Å². The van der Waals surface area contributed by atoms with Crippen molar-refractivity contribution < 1.29 is 0 Å². The molecule has 90 valence electrons. The van der Waals surface area contributed by atoms with Gasteiger partial charge in [-0.3, -0.25) is 0 Å². The van der Waals surface area contributed by atoms with Crippen molar-refractivity contribution in [2.45, 2.75) is 32.6 Å². The van der Waals surface area contributed by atoms with Gasteiger partial charge in [0.15, 0.2) is 0 Å². The van der Waals surface area contributed by atoms with Crippen molar-refractivity contribution in [3.8, 4) is 6.07 Å². The topological polar surface area (TPSA) is 61.8 Å². The molecule has 1 aromatic rings. The monoisotopic (exact) mass is 229 g/mol. The van der Waals surface area contributed by atoms with Gasteiger partial charge in [-0.1, -0.05) is 13.3 Å². The standard InChI is InChI=1S/C14H19N3/c1-14(6-2-7-14)10-17-12-3-4-13(16)11(9-12)5-8-15/h3-4,9,17H,2,5-7,10,16H2,1H3. The second kappa shape index (κ2) is 4.67. The Balaban J connectivity index is 2.01. The number of nitrogen functional groups attached to an aromatic ring is 1. The number of nitrogens with two attached hydrogens (primary N) is 1. The molecule has 0 unspecified atom stereocenters. The molecule has 2 rings (SSSR count). The minimum Gasteiger partial charge on any atom is -0.398 e. The zero-order valence-electron chi connectivity index (χ0n) is 10.3. The van der Waals surface area contributed by atoms with Crippen LogP contribution in [0.4, 0.5) is 11.4 Å². The molecule has 0 saturated heterocycles. The molecule has 17 heavy (non-hydrogen) atoms. The van der Waals surface area contributed by atoms with E-state index in [0.717, 1.165) is 17.8 Å². The van der Waals surface area contributed by atoms with Crippen LogP contribution in [-0.2, 0) is 6.42 Å². The fraction of sp³-hybridized carbons (Fsp3) is 0.500. The van der Waals surface area contributed by atoms with Gasteiger partial charge >= 0.3 is 0 Å². The van der Waals surface area contributed by atoms with Gasteiger partial charge in [-0.15, -0.1) is 0 Å². The Morgan fingerprint density at radius 3 is 2.82 bits per heavy atom. The van der Waals surface area contributed by atoms with Crippen molar-refractivity contribution in [3.05, 3.63) is 23.8 Å². The molecule has 1 aliphatic rings. The first-order valence-corrected chi connectivity index (χ1v) is 6.12. The molecule has 0 amide bonds. The summed E-state index contributed by atoms with van der Waals surface area (Å²) >= 11 is 0. The van der Waals surface area contributed by atoms with Crippen LogP contribution in [0.15, 0.2) is 18.2 Å². The van der Waals surface area contributed by atoms with Crippen molar-refractivity contribution in [3.63, 3.8) is 0 Å². The van der Waals surface area contributed by atoms with Crippen LogP contribution in [0.3, 0.4) is 0 Å². The average molecular weight is 229 g/mol. The third-order valence-corrected chi connectivity index (χ3v) is 3.69. The number of nitrogens with zero attached hydrogens (tertiary/aromatic N) is 1. The minimum absolute atomic E-state index is 0.374. The van der Waals surface area contributed by atoms with Crippen molar-refractivity contribution in [1.29, 1.82) is 5.26 Å². The van der Waals surface area contributed by atoms with Gasteiger partial charge in [0.1, 0.15) is 0 Å². The molecule has 0 atom stereocenters. The van der Waals surface area contributed by atoms with Crippen molar-refractivity contribution in [1.82, 2.24) is 0 Å². The van der Waals surface area contributed by atoms with Crippen LogP contribution in [0.25, 0.3) is 0 Å². The molecule has 0 aromatic heterocycles. The Kier molecular flexibility index (Phi) is 3.23. The van der Waals surface area contributed by atoms with Crippen LogP contribution in [0.5, 0.6) is 0 Å². The van der Waals surface area contributed by atoms with Crippen LogP contribution >= 0.6 is 0 Å². The van der Waals surface area contributed by atoms with Crippen molar-refractivity contribution in [2.24, 2.45) is 5.41 Å². The molecule has 3 N–H and O–H groups in total. The number of rotatable bonds is 4. The summed E-state index contributed by atoms with van der Waals surface area (Å²) in [5.74, 6) is 0. The quantitative estimate of drug-likeness (QED) is 0.780. The highest BCUT2D eigenvalue weighted by Crippen LogP contribution is 2.40. The van der Waals surface area contributed by atoms with Gasteiger partial charge in [-0.05, 0) is 42.0 Å². The summed E-state index contributed by atoms with van der Waals surface area (Å²) < 4.78 is 0. The van der Waals surface area contributed by atoms with Crippen LogP contribution in [0.1, 0.15) is 31.7 Å². The van der Waals surface area contributed by atoms with E-state index in [9.17, 15) is 0 Å². The fourth-order valence-corrected chi connectivity index (χ4v) is 2.23. The summed E-state index contributed by atoms with van der Waals surface area (Å²) in [5, 5.41) is 12.2. The van der Waals surface area contributed by atoms with Gasteiger partial charge in [0.25, 0.3) is 0 Å². The highest BCUT2D eigenvalue weighted by atomic mass is 14.9. The summed E-state index contributed by atoms with van der Waals surface area (Å²) in [5.41, 5.74) is 8.95. The first kappa shape index (κ1) is 11.8. The number of hydrogen-bond donors (Lipinski definition) is 2. The van der Waals surface area contributed by atoms with E-state index in [-0.39, 0.29) is 0 Å². The van der Waals surface area contributed by atoms with E-state index in [2.05, 4.69) is 18.3 Å². The molecule has 1 saturated carbocycles. The molecule has 1 fully saturated rings. The predicted molar refractivity (Wildman–Crippen MR) is 70.6 cm³/mol. The zero-order valence-corrected chi connectivity index (χ0v) is 10.3. The number of nitrogens with one attached hydrogen (secondary N) is 1. The Morgan fingerprint density at radius 2 is 2.24 bits per heavy atom. The Hall–Kier alpha value is -1.69. The molecule has 0 heterocycles. The molecule has 3 nitrogen and oxygen atoms in total. The Bertz CT molecular complexity index is 441. The summed E-state index contributed by atoms with van der Waals surface area (Å²) in [7, 11) is 0. The molecular weight excluding hydrogens is 210 g/mol. The SMILES string of the molecule is CC1(CNc2ccc(N)c(CC#N)c2)CCC1. The van der Waals surface area contributed by atoms with Gasteiger partial charge in [0.05, 0.1) is 12.5 Å². The lowest BCUT2D eigenvalue weighted by atomic mass is 9.70. The third-order valence-electron chi connectivity index (χ3n) is 3.69. The number of hydrogen-bond acceptors (Lipinski definition) is 3. The maximum Gasteiger partial charge on any atom is 0.0670 e. The maximum absolute atomic E-state index is 8.72. The number of benzene rings is 1. The average Bonchev–Trinajstić information content (AvgIpc) is 2.28. The second-order valence-electron chi connectivity index (χ2n) is 5.27. The van der Waals surface area contributed by atoms with Crippen LogP contribution in [0.2, 0.25) is 0 Å². The summed E-state index contributed by atoms with van der Waals surface area (Å²) in [6, 6.07) is 7.98. The lowest BCUT2D eigenvalue weighted by Crippen LogP contribution is -2.33. The predicted octanol–water partition coefficient (Wildman–Crippen LogP) is 2.94. The van der Waals surface area contributed by atoms with E-state index in [1.54, 1.807) is 0 Å². The Morgan fingerprint density at radius 1 is 1.47 bits per heavy atom.